The van der Waals surface area contributed by atoms with Gasteiger partial charge in [-0.15, -0.1) is 0 Å². The Morgan fingerprint density at radius 1 is 1.08 bits per heavy atom. The van der Waals surface area contributed by atoms with Crippen molar-refractivity contribution in [3.05, 3.63) is 0 Å². The van der Waals surface area contributed by atoms with Crippen LogP contribution in [-0.4, -0.2) is 32.8 Å². The van der Waals surface area contributed by atoms with E-state index in [-0.39, 0.29) is 25.7 Å². The molecule has 0 amide bonds. The second kappa shape index (κ2) is 8.58. The molecule has 0 heterocycles. The van der Waals surface area contributed by atoms with Gasteiger partial charge in [0.2, 0.25) is 0 Å². The first-order valence-electron chi connectivity index (χ1n) is 4.53. The maximum atomic E-state index is 5.50. The molecular weight excluding hydrogens is 163 g/mol. The van der Waals surface area contributed by atoms with Crippen LogP contribution < -0.4 is 0 Å². The van der Waals surface area contributed by atoms with Crippen LogP contribution in [0.3, 0.4) is 0 Å². The van der Waals surface area contributed by atoms with Gasteiger partial charge in [0.15, 0.2) is 0 Å². The Hall–Kier alpha value is -0.0151. The highest BCUT2D eigenvalue weighted by atomic mass is 16.5. The Balaban J connectivity index is 0. The summed E-state index contributed by atoms with van der Waals surface area (Å²) in [5.74, 6) is 0. The van der Waals surface area contributed by atoms with Crippen molar-refractivity contribution >= 4 is 7.85 Å². The average molecular weight is 186 g/mol. The van der Waals surface area contributed by atoms with Gasteiger partial charge in [0, 0.05) is 0 Å². The van der Waals surface area contributed by atoms with Crippen LogP contribution in [0.15, 0.2) is 0 Å². The number of hydrogen-bond acceptors (Lipinski definition) is 2. The summed E-state index contributed by atoms with van der Waals surface area (Å²) in [5.41, 5.74) is 0. The van der Waals surface area contributed by atoms with E-state index in [0.29, 0.717) is 12.9 Å². The van der Waals surface area contributed by atoms with Gasteiger partial charge in [-0.3, -0.25) is 0 Å². The van der Waals surface area contributed by atoms with E-state index in [9.17, 15) is 0 Å². The lowest BCUT2D eigenvalue weighted by Crippen LogP contribution is -2.24. The van der Waals surface area contributed by atoms with E-state index in [1.54, 1.807) is 0 Å². The maximum absolute atomic E-state index is 5.50. The van der Waals surface area contributed by atoms with Gasteiger partial charge >= 0.3 is 0 Å². The minimum absolute atomic E-state index is 0. The molecular formula is C10H23BO2. The molecule has 1 atom stereocenters. The first-order valence-corrected chi connectivity index (χ1v) is 4.53. The van der Waals surface area contributed by atoms with Crippen LogP contribution in [0, 0.1) is 0 Å². The lowest BCUT2D eigenvalue weighted by Gasteiger charge is -2.20. The van der Waals surface area contributed by atoms with Crippen LogP contribution in [0.4, 0.5) is 0 Å². The van der Waals surface area contributed by atoms with Crippen molar-refractivity contribution in [1.29, 1.82) is 0 Å². The molecule has 0 fully saturated rings. The molecule has 78 valence electrons. The summed E-state index contributed by atoms with van der Waals surface area (Å²) in [7, 11) is 5.50. The molecule has 13 heavy (non-hydrogen) atoms. The summed E-state index contributed by atoms with van der Waals surface area (Å²) in [6.45, 7) is 8.59. The molecule has 0 aliphatic carbocycles. The van der Waals surface area contributed by atoms with Gasteiger partial charge < -0.3 is 9.47 Å². The van der Waals surface area contributed by atoms with Gasteiger partial charge in [-0.05, 0) is 27.7 Å². The molecule has 0 aliphatic heterocycles. The minimum atomic E-state index is 0. The molecule has 0 aromatic heterocycles. The lowest BCUT2D eigenvalue weighted by atomic mass is 10.00. The molecule has 0 saturated carbocycles. The highest BCUT2D eigenvalue weighted by Gasteiger charge is 2.08. The SMILES string of the molecule is C.[B]CC(COC(C)C)OC(C)C. The van der Waals surface area contributed by atoms with Crippen LogP contribution in [-0.2, 0) is 9.47 Å². The highest BCUT2D eigenvalue weighted by molar-refractivity contribution is 6.08. The van der Waals surface area contributed by atoms with Crippen molar-refractivity contribution in [2.24, 2.45) is 0 Å². The Kier molecular flexibility index (Phi) is 10.2. The van der Waals surface area contributed by atoms with Gasteiger partial charge in [0.05, 0.1) is 32.8 Å². The molecule has 0 aromatic carbocycles. The van der Waals surface area contributed by atoms with Gasteiger partial charge in [0.1, 0.15) is 0 Å². The molecule has 0 rings (SSSR count). The fourth-order valence-electron chi connectivity index (χ4n) is 0.848. The molecule has 0 bridgehead atoms. The summed E-state index contributed by atoms with van der Waals surface area (Å²) in [5, 5.41) is 0. The van der Waals surface area contributed by atoms with Crippen molar-refractivity contribution in [2.45, 2.75) is 59.8 Å². The third kappa shape index (κ3) is 9.90. The smallest absolute Gasteiger partial charge is 0.0735 e. The molecule has 1 unspecified atom stereocenters. The Bertz CT molecular complexity index is 105. The predicted molar refractivity (Wildman–Crippen MR) is 58.4 cm³/mol. The monoisotopic (exact) mass is 186 g/mol. The van der Waals surface area contributed by atoms with Crippen LogP contribution >= 0.6 is 0 Å². The van der Waals surface area contributed by atoms with Crippen molar-refractivity contribution < 1.29 is 9.47 Å². The Morgan fingerprint density at radius 2 is 1.62 bits per heavy atom. The van der Waals surface area contributed by atoms with Gasteiger partial charge in [-0.25, -0.2) is 0 Å². The van der Waals surface area contributed by atoms with E-state index >= 15 is 0 Å². The zero-order chi connectivity index (χ0) is 9.56. The zero-order valence-electron chi connectivity index (χ0n) is 8.54. The lowest BCUT2D eigenvalue weighted by molar-refractivity contribution is -0.0491. The van der Waals surface area contributed by atoms with E-state index in [1.165, 1.54) is 0 Å². The second-order valence-electron chi connectivity index (χ2n) is 3.42. The predicted octanol–water partition coefficient (Wildman–Crippen LogP) is 2.43. The fraction of sp³-hybridized carbons (Fsp3) is 1.00. The third-order valence-corrected chi connectivity index (χ3v) is 1.34. The average Bonchev–Trinajstić information content (AvgIpc) is 1.97. The molecule has 0 saturated heterocycles. The van der Waals surface area contributed by atoms with E-state index in [0.717, 1.165) is 0 Å². The van der Waals surface area contributed by atoms with E-state index in [2.05, 4.69) is 0 Å². The van der Waals surface area contributed by atoms with Crippen molar-refractivity contribution in [3.63, 3.8) is 0 Å². The van der Waals surface area contributed by atoms with Crippen molar-refractivity contribution in [3.8, 4) is 0 Å². The van der Waals surface area contributed by atoms with Crippen molar-refractivity contribution in [2.75, 3.05) is 6.61 Å². The summed E-state index contributed by atoms with van der Waals surface area (Å²) in [6, 6.07) is 0. The molecule has 3 heteroatoms. The molecule has 2 radical (unpaired) electrons. The van der Waals surface area contributed by atoms with Crippen LogP contribution in [0.2, 0.25) is 6.32 Å². The quantitative estimate of drug-likeness (QED) is 0.593. The van der Waals surface area contributed by atoms with E-state index in [1.807, 2.05) is 27.7 Å². The topological polar surface area (TPSA) is 18.5 Å². The summed E-state index contributed by atoms with van der Waals surface area (Å²) in [6.07, 6.45) is 1.02. The standard InChI is InChI=1S/C9H19BO2.CH4/c1-7(2)11-6-9(5-10)12-8(3)4;/h7-9H,5-6H2,1-4H3;1H4. The number of hydrogen-bond donors (Lipinski definition) is 0. The van der Waals surface area contributed by atoms with Gasteiger partial charge in [-0.2, -0.15) is 0 Å². The molecule has 0 N–H and O–H groups in total. The van der Waals surface area contributed by atoms with E-state index in [4.69, 9.17) is 17.3 Å². The number of ether oxygens (including phenoxy) is 2. The van der Waals surface area contributed by atoms with E-state index < -0.39 is 0 Å². The third-order valence-electron chi connectivity index (χ3n) is 1.34. The second-order valence-corrected chi connectivity index (χ2v) is 3.42. The first-order chi connectivity index (χ1) is 5.56. The van der Waals surface area contributed by atoms with Crippen LogP contribution in [0.5, 0.6) is 0 Å². The minimum Gasteiger partial charge on any atom is -0.376 e. The molecule has 0 spiro atoms. The maximum Gasteiger partial charge on any atom is 0.0735 e. The highest BCUT2D eigenvalue weighted by Crippen LogP contribution is 2.03. The first kappa shape index (κ1) is 15.5. The van der Waals surface area contributed by atoms with Gasteiger partial charge in [0.25, 0.3) is 0 Å². The number of rotatable bonds is 6. The molecule has 0 aliphatic rings. The zero-order valence-corrected chi connectivity index (χ0v) is 8.54. The van der Waals surface area contributed by atoms with Crippen LogP contribution in [0.1, 0.15) is 35.1 Å². The molecule has 2 nitrogen and oxygen atoms in total. The Labute approximate surface area is 84.4 Å². The van der Waals surface area contributed by atoms with Crippen molar-refractivity contribution in [1.82, 2.24) is 0 Å². The summed E-state index contributed by atoms with van der Waals surface area (Å²) in [4.78, 5) is 0. The molecule has 0 aromatic rings. The van der Waals surface area contributed by atoms with Gasteiger partial charge in [-0.1, -0.05) is 13.7 Å². The normalized spacial score (nSPS) is 13.1. The Morgan fingerprint density at radius 3 is 1.92 bits per heavy atom. The van der Waals surface area contributed by atoms with Crippen LogP contribution in [0.25, 0.3) is 0 Å². The fourth-order valence-corrected chi connectivity index (χ4v) is 0.848. The summed E-state index contributed by atoms with van der Waals surface area (Å²) < 4.78 is 10.9. The summed E-state index contributed by atoms with van der Waals surface area (Å²) >= 11 is 0. The largest absolute Gasteiger partial charge is 0.376 e.